The second-order valence-electron chi connectivity index (χ2n) is 9.90. The molecule has 0 aromatic heterocycles. The summed E-state index contributed by atoms with van der Waals surface area (Å²) < 4.78 is 23.6. The monoisotopic (exact) mass is 380 g/mol. The maximum Gasteiger partial charge on any atom is 0.309 e. The molecule has 150 valence electrons. The first-order valence-electron chi connectivity index (χ1n) is 10.0. The summed E-state index contributed by atoms with van der Waals surface area (Å²) in [6, 6.07) is 0. The van der Waals surface area contributed by atoms with Crippen molar-refractivity contribution in [2.45, 2.75) is 88.7 Å². The predicted molar refractivity (Wildman–Crippen MR) is 91.5 cm³/mol. The fraction of sp³-hybridized carbons (Fsp3) is 0.900. The molecule has 5 aliphatic rings. The molecule has 5 fully saturated rings. The minimum atomic E-state index is -1.19. The Morgan fingerprint density at radius 3 is 2.67 bits per heavy atom. The molecule has 0 aromatic rings. The van der Waals surface area contributed by atoms with Gasteiger partial charge in [-0.25, -0.2) is 0 Å². The van der Waals surface area contributed by atoms with Crippen molar-refractivity contribution in [2.75, 3.05) is 0 Å². The molecule has 7 heteroatoms. The number of hydrogen-bond acceptors (Lipinski definition) is 7. The SMILES string of the molecule is CC(C)CC(=O)OC1CC(C)(O)C23OC2C2OC2(C)C3C2OC(=O)C(C)C12. The summed E-state index contributed by atoms with van der Waals surface area (Å²) in [4.78, 5) is 24.9. The summed E-state index contributed by atoms with van der Waals surface area (Å²) in [5.74, 6) is -1.39. The predicted octanol–water partition coefficient (Wildman–Crippen LogP) is 1.20. The number of hydrogen-bond donors (Lipinski definition) is 1. The second-order valence-corrected chi connectivity index (χ2v) is 9.90. The molecule has 1 spiro atoms. The number of epoxide rings is 2. The van der Waals surface area contributed by atoms with Crippen LogP contribution in [0.2, 0.25) is 0 Å². The fourth-order valence-electron chi connectivity index (χ4n) is 6.27. The van der Waals surface area contributed by atoms with Crippen LogP contribution in [0.3, 0.4) is 0 Å². The van der Waals surface area contributed by atoms with E-state index in [2.05, 4.69) is 0 Å². The lowest BCUT2D eigenvalue weighted by molar-refractivity contribution is -0.158. The van der Waals surface area contributed by atoms with E-state index in [0.29, 0.717) is 6.42 Å². The highest BCUT2D eigenvalue weighted by molar-refractivity contribution is 5.76. The Balaban J connectivity index is 1.54. The van der Waals surface area contributed by atoms with Crippen LogP contribution in [0.1, 0.15) is 47.5 Å². The van der Waals surface area contributed by atoms with Gasteiger partial charge in [-0.15, -0.1) is 0 Å². The van der Waals surface area contributed by atoms with E-state index in [-0.39, 0.29) is 48.3 Å². The third-order valence-electron chi connectivity index (χ3n) is 7.57. The van der Waals surface area contributed by atoms with Crippen molar-refractivity contribution in [2.24, 2.45) is 23.7 Å². The van der Waals surface area contributed by atoms with Crippen molar-refractivity contribution in [3.8, 4) is 0 Å². The molecule has 5 rings (SSSR count). The van der Waals surface area contributed by atoms with Gasteiger partial charge in [0.2, 0.25) is 0 Å². The van der Waals surface area contributed by atoms with Crippen molar-refractivity contribution in [1.29, 1.82) is 0 Å². The molecule has 0 aromatic carbocycles. The minimum absolute atomic E-state index is 0.0655. The number of carbonyl (C=O) groups is 2. The highest BCUT2D eigenvalue weighted by atomic mass is 16.7. The van der Waals surface area contributed by atoms with Crippen molar-refractivity contribution >= 4 is 11.9 Å². The summed E-state index contributed by atoms with van der Waals surface area (Å²) in [5.41, 5.74) is -2.45. The topological polar surface area (TPSA) is 97.9 Å². The van der Waals surface area contributed by atoms with E-state index in [1.165, 1.54) is 0 Å². The molecule has 1 N–H and O–H groups in total. The molecule has 3 heterocycles. The van der Waals surface area contributed by atoms with Gasteiger partial charge in [-0.1, -0.05) is 20.8 Å². The molecular weight excluding hydrogens is 352 g/mol. The smallest absolute Gasteiger partial charge is 0.309 e. The first-order chi connectivity index (χ1) is 12.5. The summed E-state index contributed by atoms with van der Waals surface area (Å²) in [7, 11) is 0. The van der Waals surface area contributed by atoms with Crippen LogP contribution in [-0.4, -0.2) is 58.3 Å². The Morgan fingerprint density at radius 1 is 1.30 bits per heavy atom. The highest BCUT2D eigenvalue weighted by Gasteiger charge is 2.93. The number of esters is 2. The maximum atomic E-state index is 12.4. The average molecular weight is 380 g/mol. The molecule has 0 bridgehead atoms. The molecule has 10 atom stereocenters. The van der Waals surface area contributed by atoms with E-state index in [1.54, 1.807) is 6.92 Å². The first-order valence-corrected chi connectivity index (χ1v) is 10.0. The molecule has 10 unspecified atom stereocenters. The number of ether oxygens (including phenoxy) is 4. The van der Waals surface area contributed by atoms with Crippen molar-refractivity contribution in [1.82, 2.24) is 0 Å². The van der Waals surface area contributed by atoms with Crippen LogP contribution < -0.4 is 0 Å². The van der Waals surface area contributed by atoms with Crippen LogP contribution in [0.25, 0.3) is 0 Å². The van der Waals surface area contributed by atoms with Gasteiger partial charge in [0, 0.05) is 18.8 Å². The molecule has 0 amide bonds. The highest BCUT2D eigenvalue weighted by Crippen LogP contribution is 2.75. The maximum absolute atomic E-state index is 12.4. The minimum Gasteiger partial charge on any atom is -0.462 e. The van der Waals surface area contributed by atoms with Crippen molar-refractivity contribution in [3.63, 3.8) is 0 Å². The summed E-state index contributed by atoms with van der Waals surface area (Å²) in [6.45, 7) is 9.49. The van der Waals surface area contributed by atoms with E-state index in [4.69, 9.17) is 18.9 Å². The molecule has 0 radical (unpaired) electrons. The first kappa shape index (κ1) is 17.9. The van der Waals surface area contributed by atoms with Crippen LogP contribution in [-0.2, 0) is 28.5 Å². The lowest BCUT2D eigenvalue weighted by atomic mass is 9.73. The van der Waals surface area contributed by atoms with Gasteiger partial charge in [-0.2, -0.15) is 0 Å². The van der Waals surface area contributed by atoms with Gasteiger partial charge in [0.25, 0.3) is 0 Å². The quantitative estimate of drug-likeness (QED) is 0.580. The van der Waals surface area contributed by atoms with Gasteiger partial charge in [0.1, 0.15) is 35.6 Å². The van der Waals surface area contributed by atoms with Gasteiger partial charge in [0.15, 0.2) is 0 Å². The van der Waals surface area contributed by atoms with E-state index in [0.717, 1.165) is 0 Å². The Kier molecular flexibility index (Phi) is 3.34. The zero-order valence-corrected chi connectivity index (χ0v) is 16.4. The Labute approximate surface area is 158 Å². The van der Waals surface area contributed by atoms with Crippen molar-refractivity contribution in [3.05, 3.63) is 0 Å². The van der Waals surface area contributed by atoms with Crippen LogP contribution in [0.5, 0.6) is 0 Å². The number of rotatable bonds is 3. The van der Waals surface area contributed by atoms with Crippen LogP contribution in [0.15, 0.2) is 0 Å². The summed E-state index contributed by atoms with van der Waals surface area (Å²) in [6.07, 6.45) is -0.804. The van der Waals surface area contributed by atoms with Gasteiger partial charge in [0.05, 0.1) is 17.4 Å². The fourth-order valence-corrected chi connectivity index (χ4v) is 6.27. The van der Waals surface area contributed by atoms with Crippen LogP contribution >= 0.6 is 0 Å². The van der Waals surface area contributed by atoms with E-state index in [1.807, 2.05) is 27.7 Å². The lowest BCUT2D eigenvalue weighted by Gasteiger charge is -2.36. The number of carbonyl (C=O) groups excluding carboxylic acids is 2. The molecule has 3 saturated heterocycles. The lowest BCUT2D eigenvalue weighted by Crippen LogP contribution is -2.53. The third-order valence-corrected chi connectivity index (χ3v) is 7.57. The molecule has 2 saturated carbocycles. The molecule has 2 aliphatic carbocycles. The number of aliphatic hydroxyl groups is 1. The average Bonchev–Trinajstić information content (AvgIpc) is 3.37. The largest absolute Gasteiger partial charge is 0.462 e. The summed E-state index contributed by atoms with van der Waals surface area (Å²) >= 11 is 0. The normalized spacial score (nSPS) is 57.1. The van der Waals surface area contributed by atoms with Gasteiger partial charge in [-0.05, 0) is 19.8 Å². The van der Waals surface area contributed by atoms with Crippen LogP contribution in [0, 0.1) is 23.7 Å². The molecule has 27 heavy (non-hydrogen) atoms. The molecule has 7 nitrogen and oxygen atoms in total. The van der Waals surface area contributed by atoms with Gasteiger partial charge in [-0.3, -0.25) is 9.59 Å². The Hall–Kier alpha value is -1.18. The Bertz CT molecular complexity index is 717. The summed E-state index contributed by atoms with van der Waals surface area (Å²) in [5, 5.41) is 11.4. The zero-order chi connectivity index (χ0) is 19.5. The van der Waals surface area contributed by atoms with E-state index in [9.17, 15) is 14.7 Å². The molecular formula is C20H28O7. The standard InChI is InChI=1S/C20H28O7/c1-8(2)6-11(21)24-10-7-18(4,23)20-14(13-12(10)9(3)17(22)25-13)19(5)15(26-19)16(20)27-20/h8-10,12-16,23H,6-7H2,1-5H3. The molecule has 3 aliphatic heterocycles. The van der Waals surface area contributed by atoms with E-state index >= 15 is 0 Å². The number of fused-ring (bicyclic) bond motifs is 5. The van der Waals surface area contributed by atoms with Crippen molar-refractivity contribution < 1.29 is 33.6 Å². The Morgan fingerprint density at radius 2 is 2.00 bits per heavy atom. The third kappa shape index (κ3) is 2.08. The van der Waals surface area contributed by atoms with Gasteiger partial charge < -0.3 is 24.1 Å². The zero-order valence-electron chi connectivity index (χ0n) is 16.4. The van der Waals surface area contributed by atoms with Crippen LogP contribution in [0.4, 0.5) is 0 Å². The van der Waals surface area contributed by atoms with Gasteiger partial charge >= 0.3 is 11.9 Å². The van der Waals surface area contributed by atoms with E-state index < -0.39 is 34.9 Å². The second kappa shape index (κ2) is 5.05.